The quantitative estimate of drug-likeness (QED) is 0.671. The number of nitrogens with zero attached hydrogens (tertiary/aromatic N) is 1. The van der Waals surface area contributed by atoms with Gasteiger partial charge >= 0.3 is 0 Å². The number of halogens is 3. The summed E-state index contributed by atoms with van der Waals surface area (Å²) in [5.74, 6) is 0. The third kappa shape index (κ3) is 3.80. The fourth-order valence-electron chi connectivity index (χ4n) is 1.75. The van der Waals surface area contributed by atoms with Crippen LogP contribution in [-0.2, 0) is 16.6 Å². The fourth-order valence-corrected chi connectivity index (χ4v) is 6.13. The zero-order valence-corrected chi connectivity index (χ0v) is 16.4. The molecule has 2 rings (SSSR count). The standard InChI is InChI=1S/C12H11Br2ClN2O2S2/c1-17(6-8-2-3-11(15)20-8)21(18,19)12-9(14)4-7(13)5-10(12)16/h2-5H,6,16H2,1H3. The Morgan fingerprint density at radius 1 is 1.33 bits per heavy atom. The van der Waals surface area contributed by atoms with Gasteiger partial charge in [0.2, 0.25) is 10.0 Å². The van der Waals surface area contributed by atoms with E-state index in [0.29, 0.717) is 13.3 Å². The van der Waals surface area contributed by atoms with Gasteiger partial charge in [-0.2, -0.15) is 4.31 Å². The van der Waals surface area contributed by atoms with Crippen LogP contribution in [0, 0.1) is 0 Å². The summed E-state index contributed by atoms with van der Waals surface area (Å²) in [6, 6.07) is 6.76. The highest BCUT2D eigenvalue weighted by atomic mass is 79.9. The molecule has 1 heterocycles. The number of hydrogen-bond acceptors (Lipinski definition) is 4. The van der Waals surface area contributed by atoms with Gasteiger partial charge in [-0.1, -0.05) is 27.5 Å². The van der Waals surface area contributed by atoms with Crippen molar-refractivity contribution in [3.8, 4) is 0 Å². The van der Waals surface area contributed by atoms with Crippen molar-refractivity contribution in [2.75, 3.05) is 12.8 Å². The van der Waals surface area contributed by atoms with E-state index >= 15 is 0 Å². The summed E-state index contributed by atoms with van der Waals surface area (Å²) in [6.07, 6.45) is 0. The van der Waals surface area contributed by atoms with Crippen LogP contribution in [0.5, 0.6) is 0 Å². The number of sulfonamides is 1. The molecular formula is C12H11Br2ClN2O2S2. The van der Waals surface area contributed by atoms with Crippen LogP contribution in [0.1, 0.15) is 4.88 Å². The maximum atomic E-state index is 12.7. The molecule has 1 aromatic carbocycles. The molecule has 0 atom stereocenters. The summed E-state index contributed by atoms with van der Waals surface area (Å²) in [5.41, 5.74) is 6.05. The van der Waals surface area contributed by atoms with Crippen LogP contribution in [0.25, 0.3) is 0 Å². The zero-order chi connectivity index (χ0) is 15.8. The minimum absolute atomic E-state index is 0.0656. The smallest absolute Gasteiger partial charge is 0.246 e. The lowest BCUT2D eigenvalue weighted by atomic mass is 10.3. The third-order valence-electron chi connectivity index (χ3n) is 2.71. The van der Waals surface area contributed by atoms with Crippen LogP contribution in [-0.4, -0.2) is 19.8 Å². The number of benzene rings is 1. The Hall–Kier alpha value is -0.120. The number of nitrogens with two attached hydrogens (primary N) is 1. The number of thiophene rings is 1. The first-order valence-electron chi connectivity index (χ1n) is 5.67. The van der Waals surface area contributed by atoms with E-state index < -0.39 is 10.0 Å². The van der Waals surface area contributed by atoms with Crippen LogP contribution < -0.4 is 5.73 Å². The van der Waals surface area contributed by atoms with Crippen molar-refractivity contribution < 1.29 is 8.42 Å². The topological polar surface area (TPSA) is 63.4 Å². The molecule has 0 unspecified atom stereocenters. The fraction of sp³-hybridized carbons (Fsp3) is 0.167. The maximum absolute atomic E-state index is 12.7. The Labute approximate surface area is 149 Å². The molecule has 2 N–H and O–H groups in total. The van der Waals surface area contributed by atoms with Gasteiger partial charge in [0.25, 0.3) is 0 Å². The van der Waals surface area contributed by atoms with E-state index in [2.05, 4.69) is 31.9 Å². The van der Waals surface area contributed by atoms with Crippen LogP contribution in [0.3, 0.4) is 0 Å². The molecule has 0 saturated carbocycles. The Bertz CT molecular complexity index is 754. The van der Waals surface area contributed by atoms with E-state index in [1.54, 1.807) is 24.3 Å². The molecule has 1 aromatic heterocycles. The average molecular weight is 475 g/mol. The molecule has 0 aliphatic heterocycles. The second-order valence-corrected chi connectivity index (χ2v) is 9.82. The molecular weight excluding hydrogens is 464 g/mol. The predicted molar refractivity (Wildman–Crippen MR) is 94.2 cm³/mol. The summed E-state index contributed by atoms with van der Waals surface area (Å²) in [5, 5.41) is 0. The van der Waals surface area contributed by atoms with E-state index in [9.17, 15) is 8.42 Å². The molecule has 21 heavy (non-hydrogen) atoms. The molecule has 0 amide bonds. The molecule has 114 valence electrons. The van der Waals surface area contributed by atoms with Gasteiger partial charge in [-0.15, -0.1) is 11.3 Å². The van der Waals surface area contributed by atoms with Gasteiger partial charge in [0.05, 0.1) is 10.0 Å². The summed E-state index contributed by atoms with van der Waals surface area (Å²) in [4.78, 5) is 0.925. The second-order valence-electron chi connectivity index (χ2n) is 4.27. The van der Waals surface area contributed by atoms with Crippen molar-refractivity contribution >= 4 is 70.5 Å². The number of hydrogen-bond donors (Lipinski definition) is 1. The summed E-state index contributed by atoms with van der Waals surface area (Å²) < 4.78 is 28.3. The van der Waals surface area contributed by atoms with Crippen LogP contribution in [0.2, 0.25) is 4.34 Å². The second kappa shape index (κ2) is 6.55. The summed E-state index contributed by atoms with van der Waals surface area (Å²) >= 11 is 13.7. The summed E-state index contributed by atoms with van der Waals surface area (Å²) in [7, 11) is -2.19. The Morgan fingerprint density at radius 2 is 2.00 bits per heavy atom. The van der Waals surface area contributed by atoms with Crippen molar-refractivity contribution in [2.45, 2.75) is 11.4 Å². The minimum Gasteiger partial charge on any atom is -0.398 e. The first-order chi connectivity index (χ1) is 9.71. The molecule has 0 aliphatic carbocycles. The number of rotatable bonds is 4. The number of anilines is 1. The maximum Gasteiger partial charge on any atom is 0.246 e. The van der Waals surface area contributed by atoms with Gasteiger partial charge in [0.15, 0.2) is 0 Å². The largest absolute Gasteiger partial charge is 0.398 e. The third-order valence-corrected chi connectivity index (χ3v) is 7.20. The minimum atomic E-state index is -3.70. The first kappa shape index (κ1) is 17.2. The summed E-state index contributed by atoms with van der Waals surface area (Å²) in [6.45, 7) is 0.238. The predicted octanol–water partition coefficient (Wildman–Crippen LogP) is 4.33. The van der Waals surface area contributed by atoms with Gasteiger partial charge in [-0.25, -0.2) is 8.42 Å². The van der Waals surface area contributed by atoms with Gasteiger partial charge < -0.3 is 5.73 Å². The first-order valence-corrected chi connectivity index (χ1v) is 9.89. The highest BCUT2D eigenvalue weighted by molar-refractivity contribution is 9.11. The molecule has 0 saturated heterocycles. The average Bonchev–Trinajstić information content (AvgIpc) is 2.72. The molecule has 0 bridgehead atoms. The highest BCUT2D eigenvalue weighted by Gasteiger charge is 2.26. The van der Waals surface area contributed by atoms with E-state index in [4.69, 9.17) is 17.3 Å². The monoisotopic (exact) mass is 472 g/mol. The van der Waals surface area contributed by atoms with Crippen molar-refractivity contribution in [3.63, 3.8) is 0 Å². The van der Waals surface area contributed by atoms with Gasteiger partial charge in [-0.3, -0.25) is 0 Å². The van der Waals surface area contributed by atoms with Gasteiger partial charge in [0.1, 0.15) is 4.90 Å². The van der Waals surface area contributed by atoms with Gasteiger partial charge in [0, 0.05) is 27.4 Å². The lowest BCUT2D eigenvalue weighted by molar-refractivity contribution is 0.469. The van der Waals surface area contributed by atoms with Crippen molar-refractivity contribution in [2.24, 2.45) is 0 Å². The highest BCUT2D eigenvalue weighted by Crippen LogP contribution is 2.34. The Balaban J connectivity index is 2.38. The van der Waals surface area contributed by atoms with E-state index in [-0.39, 0.29) is 17.1 Å². The Kier molecular flexibility index (Phi) is 5.38. The SMILES string of the molecule is CN(Cc1ccc(Cl)s1)S(=O)(=O)c1c(N)cc(Br)cc1Br. The molecule has 9 heteroatoms. The molecule has 4 nitrogen and oxygen atoms in total. The molecule has 0 aliphatic rings. The van der Waals surface area contributed by atoms with E-state index in [1.165, 1.54) is 22.7 Å². The van der Waals surface area contributed by atoms with Gasteiger partial charge in [-0.05, 0) is 40.2 Å². The van der Waals surface area contributed by atoms with Crippen molar-refractivity contribution in [3.05, 3.63) is 42.4 Å². The van der Waals surface area contributed by atoms with Crippen LogP contribution >= 0.6 is 54.8 Å². The lowest BCUT2D eigenvalue weighted by Gasteiger charge is -2.19. The van der Waals surface area contributed by atoms with Crippen LogP contribution in [0.4, 0.5) is 5.69 Å². The van der Waals surface area contributed by atoms with E-state index in [0.717, 1.165) is 4.88 Å². The number of nitrogen functional groups attached to an aromatic ring is 1. The molecule has 0 radical (unpaired) electrons. The van der Waals surface area contributed by atoms with Crippen molar-refractivity contribution in [1.82, 2.24) is 4.31 Å². The van der Waals surface area contributed by atoms with Crippen LogP contribution in [0.15, 0.2) is 38.1 Å². The lowest BCUT2D eigenvalue weighted by Crippen LogP contribution is -2.27. The molecule has 0 fully saturated rings. The van der Waals surface area contributed by atoms with Crippen molar-refractivity contribution in [1.29, 1.82) is 0 Å². The molecule has 2 aromatic rings. The van der Waals surface area contributed by atoms with E-state index in [1.807, 2.05) is 0 Å². The zero-order valence-electron chi connectivity index (χ0n) is 10.8. The normalized spacial score (nSPS) is 12.0. The Morgan fingerprint density at radius 3 is 2.52 bits per heavy atom. The molecule has 0 spiro atoms.